The van der Waals surface area contributed by atoms with Crippen LogP contribution in [0.15, 0.2) is 91.0 Å². The van der Waals surface area contributed by atoms with Gasteiger partial charge in [0.2, 0.25) is 0 Å². The van der Waals surface area contributed by atoms with Gasteiger partial charge in [0.05, 0.1) is 0 Å². The predicted molar refractivity (Wildman–Crippen MR) is 164 cm³/mol. The first-order chi connectivity index (χ1) is 18.6. The monoisotopic (exact) mass is 591 g/mol. The van der Waals surface area contributed by atoms with E-state index in [2.05, 4.69) is 118 Å². The summed E-state index contributed by atoms with van der Waals surface area (Å²) >= 11 is -1.77. The Balaban J connectivity index is 1.54. The van der Waals surface area contributed by atoms with Crippen molar-refractivity contribution < 1.29 is 21.8 Å². The molecule has 1 unspecified atom stereocenters. The molecule has 6 rings (SSSR count). The van der Waals surface area contributed by atoms with Gasteiger partial charge in [0.25, 0.3) is 0 Å². The van der Waals surface area contributed by atoms with Gasteiger partial charge in [-0.3, -0.25) is 0 Å². The summed E-state index contributed by atoms with van der Waals surface area (Å²) in [6.07, 6.45) is 5.49. The number of rotatable bonds is 9. The van der Waals surface area contributed by atoms with Crippen LogP contribution in [0, 0.1) is 0 Å². The van der Waals surface area contributed by atoms with Gasteiger partial charge in [-0.25, -0.2) is 0 Å². The van der Waals surface area contributed by atoms with Crippen molar-refractivity contribution in [2.24, 2.45) is 0 Å². The SMILES string of the molecule is CCC[CH2][Zr]([CH2]CCC)[CH]1c2ccccc2-c2cccc([Si](C)(C)C3c4ccccc4-c4ccccc43)c21. The van der Waals surface area contributed by atoms with Crippen molar-refractivity contribution in [1.82, 2.24) is 0 Å². The van der Waals surface area contributed by atoms with Crippen LogP contribution in [0.4, 0.5) is 0 Å². The molecule has 0 N–H and O–H groups in total. The predicted octanol–water partition coefficient (Wildman–Crippen LogP) is 10.1. The normalized spacial score (nSPS) is 15.6. The first kappa shape index (κ1) is 26.2. The van der Waals surface area contributed by atoms with Crippen LogP contribution in [0.2, 0.25) is 21.4 Å². The van der Waals surface area contributed by atoms with Gasteiger partial charge in [0, 0.05) is 0 Å². The van der Waals surface area contributed by atoms with E-state index in [4.69, 9.17) is 0 Å². The summed E-state index contributed by atoms with van der Waals surface area (Å²) in [6.45, 7) is 10.1. The maximum absolute atomic E-state index is 2.67. The Morgan fingerprint density at radius 1 is 0.579 bits per heavy atom. The summed E-state index contributed by atoms with van der Waals surface area (Å²) in [5.41, 5.74) is 13.1. The fourth-order valence-corrected chi connectivity index (χ4v) is 21.3. The summed E-state index contributed by atoms with van der Waals surface area (Å²) in [5, 5.41) is 1.74. The molecule has 38 heavy (non-hydrogen) atoms. The second-order valence-electron chi connectivity index (χ2n) is 12.0. The number of unbranched alkanes of at least 4 members (excludes halogenated alkanes) is 2. The van der Waals surface area contributed by atoms with Crippen LogP contribution in [0.3, 0.4) is 0 Å². The molecule has 0 saturated carbocycles. The molecule has 0 amide bonds. The van der Waals surface area contributed by atoms with Crippen LogP contribution >= 0.6 is 0 Å². The van der Waals surface area contributed by atoms with Gasteiger partial charge in [-0.1, -0.05) is 0 Å². The molecule has 0 spiro atoms. The van der Waals surface area contributed by atoms with Gasteiger partial charge in [0.1, 0.15) is 0 Å². The maximum atomic E-state index is 2.67. The van der Waals surface area contributed by atoms with Gasteiger partial charge in [0.15, 0.2) is 0 Å². The van der Waals surface area contributed by atoms with Crippen molar-refractivity contribution in [2.75, 3.05) is 0 Å². The fourth-order valence-electron chi connectivity index (χ4n) is 7.56. The molecule has 4 aromatic carbocycles. The van der Waals surface area contributed by atoms with E-state index in [-0.39, 0.29) is 0 Å². The number of benzene rings is 4. The van der Waals surface area contributed by atoms with Crippen molar-refractivity contribution in [3.63, 3.8) is 0 Å². The molecular weight excluding hydrogens is 552 g/mol. The van der Waals surface area contributed by atoms with Gasteiger partial charge in [-0.05, 0) is 0 Å². The zero-order valence-electron chi connectivity index (χ0n) is 23.6. The standard InChI is InChI=1S/C28H23Si.2C4H9.Zr/c1-29(2,27-17-9-16-21-20-11-4-3-10-19(20)18-26(21)27)28-24-14-7-5-12-22(24)23-13-6-8-15-25(23)28;2*1-3-4-2;/h3-18,28H,1-2H3;2*1,3-4H2,2H3;. The summed E-state index contributed by atoms with van der Waals surface area (Å²) < 4.78 is 3.78. The van der Waals surface area contributed by atoms with Gasteiger partial charge in [-0.2, -0.15) is 0 Å². The Morgan fingerprint density at radius 3 is 1.61 bits per heavy atom. The minimum atomic E-state index is -1.96. The Hall–Kier alpha value is -2.02. The number of hydrogen-bond donors (Lipinski definition) is 0. The Kier molecular flexibility index (Phi) is 7.49. The summed E-state index contributed by atoms with van der Waals surface area (Å²) in [5.74, 6) is 0. The fraction of sp³-hybridized carbons (Fsp3) is 0.333. The van der Waals surface area contributed by atoms with Gasteiger partial charge < -0.3 is 0 Å². The molecule has 0 nitrogen and oxygen atoms in total. The second kappa shape index (κ2) is 10.9. The van der Waals surface area contributed by atoms with E-state index in [1.54, 1.807) is 33.0 Å². The topological polar surface area (TPSA) is 0 Å². The summed E-state index contributed by atoms with van der Waals surface area (Å²) in [6, 6.07) is 35.4. The third-order valence-electron chi connectivity index (χ3n) is 9.32. The van der Waals surface area contributed by atoms with E-state index in [0.717, 1.165) is 3.63 Å². The molecule has 2 heteroatoms. The van der Waals surface area contributed by atoms with Gasteiger partial charge in [-0.15, -0.1) is 0 Å². The zero-order chi connectivity index (χ0) is 26.3. The van der Waals surface area contributed by atoms with E-state index in [1.807, 2.05) is 0 Å². The van der Waals surface area contributed by atoms with Gasteiger partial charge >= 0.3 is 241 Å². The van der Waals surface area contributed by atoms with Crippen LogP contribution in [-0.2, 0) is 21.8 Å². The van der Waals surface area contributed by atoms with E-state index < -0.39 is 29.8 Å². The molecule has 0 aromatic heterocycles. The van der Waals surface area contributed by atoms with E-state index >= 15 is 0 Å². The molecule has 0 saturated heterocycles. The quantitative estimate of drug-likeness (QED) is 0.170. The Bertz CT molecular complexity index is 1400. The first-order valence-electron chi connectivity index (χ1n) is 14.8. The first-order valence-corrected chi connectivity index (χ1v) is 22.8. The molecule has 4 aromatic rings. The molecule has 0 fully saturated rings. The molecule has 193 valence electrons. The van der Waals surface area contributed by atoms with E-state index in [1.165, 1.54) is 50.6 Å². The number of fused-ring (bicyclic) bond motifs is 6. The van der Waals surface area contributed by atoms with Crippen molar-refractivity contribution in [2.45, 2.75) is 70.0 Å². The molecule has 0 heterocycles. The third-order valence-corrected chi connectivity index (χ3v) is 21.6. The average molecular weight is 593 g/mol. The Labute approximate surface area is 239 Å². The Morgan fingerprint density at radius 2 is 1.05 bits per heavy atom. The van der Waals surface area contributed by atoms with Crippen LogP contribution in [0.1, 0.15) is 71.0 Å². The minimum absolute atomic E-state index is 0.504. The third kappa shape index (κ3) is 4.28. The van der Waals surface area contributed by atoms with E-state index in [0.29, 0.717) is 5.54 Å². The second-order valence-corrected chi connectivity index (χ2v) is 23.7. The van der Waals surface area contributed by atoms with Crippen LogP contribution in [0.5, 0.6) is 0 Å². The molecule has 2 aliphatic rings. The average Bonchev–Trinajstić information content (AvgIpc) is 3.47. The van der Waals surface area contributed by atoms with E-state index in [9.17, 15) is 0 Å². The van der Waals surface area contributed by atoms with Crippen LogP contribution in [-0.4, -0.2) is 8.07 Å². The molecule has 0 aliphatic heterocycles. The van der Waals surface area contributed by atoms with Crippen LogP contribution < -0.4 is 5.19 Å². The van der Waals surface area contributed by atoms with Crippen LogP contribution in [0.25, 0.3) is 22.3 Å². The number of hydrogen-bond acceptors (Lipinski definition) is 0. The van der Waals surface area contributed by atoms with Crippen molar-refractivity contribution in [3.8, 4) is 22.3 Å². The molecule has 0 radical (unpaired) electrons. The molecule has 0 bridgehead atoms. The molecular formula is C36H41SiZr. The van der Waals surface area contributed by atoms with Crippen molar-refractivity contribution in [1.29, 1.82) is 0 Å². The van der Waals surface area contributed by atoms with Crippen molar-refractivity contribution >= 4 is 13.3 Å². The summed E-state index contributed by atoms with van der Waals surface area (Å²) in [7, 11) is -1.96. The molecule has 1 atom stereocenters. The summed E-state index contributed by atoms with van der Waals surface area (Å²) in [4.78, 5) is 0. The van der Waals surface area contributed by atoms with Crippen molar-refractivity contribution in [3.05, 3.63) is 113 Å². The molecule has 2 aliphatic carbocycles. The zero-order valence-corrected chi connectivity index (χ0v) is 27.0.